The van der Waals surface area contributed by atoms with Crippen molar-refractivity contribution in [3.8, 4) is 23.0 Å². The van der Waals surface area contributed by atoms with Crippen molar-refractivity contribution in [3.05, 3.63) is 45.5 Å². The molecule has 6 heteroatoms. The zero-order valence-corrected chi connectivity index (χ0v) is 21.3. The smallest absolute Gasteiger partial charge is 0.154 e. The topological polar surface area (TPSA) is 82.1 Å². The molecule has 3 atom stereocenters. The molecule has 0 fully saturated rings. The number of carbonyl (C=O) groups is 2. The molecule has 0 saturated heterocycles. The van der Waals surface area contributed by atoms with Crippen LogP contribution < -0.4 is 14.2 Å². The summed E-state index contributed by atoms with van der Waals surface area (Å²) < 4.78 is 17.3. The summed E-state index contributed by atoms with van der Waals surface area (Å²) in [7, 11) is 3.25. The van der Waals surface area contributed by atoms with Crippen LogP contribution in [-0.4, -0.2) is 38.5 Å². The third kappa shape index (κ3) is 4.63. The number of rotatable bonds is 10. The van der Waals surface area contributed by atoms with Crippen LogP contribution in [0.2, 0.25) is 0 Å². The number of benzene rings is 2. The number of methoxy groups -OCH3 is 2. The highest BCUT2D eigenvalue weighted by molar-refractivity contribution is 5.84. The van der Waals surface area contributed by atoms with Crippen molar-refractivity contribution in [1.82, 2.24) is 0 Å². The van der Waals surface area contributed by atoms with Crippen molar-refractivity contribution in [2.45, 2.75) is 52.9 Å². The summed E-state index contributed by atoms with van der Waals surface area (Å²) in [6.07, 6.45) is 5.78. The summed E-state index contributed by atoms with van der Waals surface area (Å²) in [5, 5.41) is 10.2. The van der Waals surface area contributed by atoms with Gasteiger partial charge in [0, 0.05) is 12.1 Å². The summed E-state index contributed by atoms with van der Waals surface area (Å²) in [5.74, 6) is 3.67. The molecule has 3 unspecified atom stereocenters. The highest BCUT2D eigenvalue weighted by atomic mass is 16.5. The summed E-state index contributed by atoms with van der Waals surface area (Å²) in [6.45, 7) is 7.11. The molecule has 0 saturated carbocycles. The zero-order valence-electron chi connectivity index (χ0n) is 21.3. The van der Waals surface area contributed by atoms with Crippen molar-refractivity contribution < 1.29 is 28.9 Å². The van der Waals surface area contributed by atoms with Gasteiger partial charge in [0.15, 0.2) is 12.6 Å². The van der Waals surface area contributed by atoms with Crippen LogP contribution >= 0.6 is 0 Å². The second-order valence-corrected chi connectivity index (χ2v) is 10.3. The molecule has 2 aliphatic rings. The van der Waals surface area contributed by atoms with Gasteiger partial charge in [-0.1, -0.05) is 20.8 Å². The molecule has 35 heavy (non-hydrogen) atoms. The van der Waals surface area contributed by atoms with Gasteiger partial charge in [-0.05, 0) is 78.0 Å². The third-order valence-corrected chi connectivity index (χ3v) is 8.16. The van der Waals surface area contributed by atoms with E-state index in [4.69, 9.17) is 14.2 Å². The second kappa shape index (κ2) is 10.3. The maximum absolute atomic E-state index is 12.1. The third-order valence-electron chi connectivity index (χ3n) is 8.16. The first-order valence-corrected chi connectivity index (χ1v) is 12.5. The molecule has 0 bridgehead atoms. The zero-order chi connectivity index (χ0) is 25.3. The van der Waals surface area contributed by atoms with Crippen molar-refractivity contribution in [1.29, 1.82) is 0 Å². The van der Waals surface area contributed by atoms with E-state index in [1.807, 2.05) is 6.07 Å². The largest absolute Gasteiger partial charge is 0.507 e. The normalized spacial score (nSPS) is 19.3. The van der Waals surface area contributed by atoms with Crippen molar-refractivity contribution in [3.63, 3.8) is 0 Å². The van der Waals surface area contributed by atoms with Gasteiger partial charge in [-0.2, -0.15) is 0 Å². The molecule has 0 amide bonds. The first kappa shape index (κ1) is 25.1. The van der Waals surface area contributed by atoms with Crippen molar-refractivity contribution in [2.24, 2.45) is 23.7 Å². The Balaban J connectivity index is 1.46. The van der Waals surface area contributed by atoms with Gasteiger partial charge in [0.1, 0.15) is 23.0 Å². The Hall–Kier alpha value is -3.02. The lowest BCUT2D eigenvalue weighted by Crippen LogP contribution is -2.16. The Kier molecular flexibility index (Phi) is 7.39. The van der Waals surface area contributed by atoms with Crippen molar-refractivity contribution in [2.75, 3.05) is 20.8 Å². The number of carbonyl (C=O) groups excluding carboxylic acids is 2. The van der Waals surface area contributed by atoms with Gasteiger partial charge in [-0.25, -0.2) is 0 Å². The summed E-state index contributed by atoms with van der Waals surface area (Å²) >= 11 is 0. The molecule has 1 N–H and O–H groups in total. The number of fused-ring (bicyclic) bond motifs is 2. The molecule has 2 aromatic carbocycles. The highest BCUT2D eigenvalue weighted by Crippen LogP contribution is 2.44. The minimum absolute atomic E-state index is 0.0288. The van der Waals surface area contributed by atoms with Gasteiger partial charge in [0.25, 0.3) is 0 Å². The molecule has 4 rings (SSSR count). The summed E-state index contributed by atoms with van der Waals surface area (Å²) in [4.78, 5) is 23.6. The minimum Gasteiger partial charge on any atom is -0.507 e. The SMILES string of the molecule is COc1cc(O)c(C=O)c2c1CC(C(C)CCOc1cc(OC)c3c(c1C=O)CC(C(C)C)C3)C2. The van der Waals surface area contributed by atoms with Gasteiger partial charge in [0.05, 0.1) is 32.0 Å². The average Bonchev–Trinajstić information content (AvgIpc) is 3.48. The van der Waals surface area contributed by atoms with E-state index in [1.54, 1.807) is 14.2 Å². The quantitative estimate of drug-likeness (QED) is 0.469. The van der Waals surface area contributed by atoms with Crippen LogP contribution in [0.15, 0.2) is 12.1 Å². The van der Waals surface area contributed by atoms with Crippen LogP contribution in [0.3, 0.4) is 0 Å². The first-order chi connectivity index (χ1) is 16.8. The molecule has 2 aliphatic carbocycles. The van der Waals surface area contributed by atoms with Crippen molar-refractivity contribution >= 4 is 12.6 Å². The number of phenols is 1. The van der Waals surface area contributed by atoms with Crippen LogP contribution in [0.1, 0.15) is 70.2 Å². The number of aromatic hydroxyl groups is 1. The Bertz CT molecular complexity index is 1120. The summed E-state index contributed by atoms with van der Waals surface area (Å²) in [5.41, 5.74) is 5.13. The van der Waals surface area contributed by atoms with Gasteiger partial charge in [-0.15, -0.1) is 0 Å². The molecule has 0 heterocycles. The first-order valence-electron chi connectivity index (χ1n) is 12.5. The van der Waals surface area contributed by atoms with Crippen LogP contribution in [0.4, 0.5) is 0 Å². The van der Waals surface area contributed by atoms with Gasteiger partial charge in [-0.3, -0.25) is 9.59 Å². The second-order valence-electron chi connectivity index (χ2n) is 10.3. The molecular weight excluding hydrogens is 444 g/mol. The number of aldehydes is 2. The fourth-order valence-corrected chi connectivity index (χ4v) is 5.81. The minimum atomic E-state index is -0.0288. The predicted octanol–water partition coefficient (Wildman–Crippen LogP) is 5.23. The van der Waals surface area contributed by atoms with E-state index in [-0.39, 0.29) is 5.75 Å². The Labute approximate surface area is 207 Å². The van der Waals surface area contributed by atoms with Gasteiger partial charge in [0.2, 0.25) is 0 Å². The predicted molar refractivity (Wildman–Crippen MR) is 134 cm³/mol. The average molecular weight is 481 g/mol. The van der Waals surface area contributed by atoms with E-state index in [9.17, 15) is 14.7 Å². The van der Waals surface area contributed by atoms with E-state index in [2.05, 4.69) is 20.8 Å². The molecule has 2 aromatic rings. The summed E-state index contributed by atoms with van der Waals surface area (Å²) in [6, 6.07) is 3.40. The fourth-order valence-electron chi connectivity index (χ4n) is 5.81. The van der Waals surface area contributed by atoms with E-state index < -0.39 is 0 Å². The van der Waals surface area contributed by atoms with Crippen LogP contribution in [0.25, 0.3) is 0 Å². The maximum Gasteiger partial charge on any atom is 0.154 e. The molecule has 0 aromatic heterocycles. The Morgan fingerprint density at radius 2 is 1.37 bits per heavy atom. The molecule has 0 radical (unpaired) electrons. The Morgan fingerprint density at radius 3 is 1.97 bits per heavy atom. The number of hydrogen-bond donors (Lipinski definition) is 1. The van der Waals surface area contributed by atoms with Gasteiger partial charge < -0.3 is 19.3 Å². The molecular formula is C29H36O6. The number of hydrogen-bond acceptors (Lipinski definition) is 6. The van der Waals surface area contributed by atoms with Crippen LogP contribution in [0, 0.1) is 23.7 Å². The number of phenolic OH excluding ortho intramolecular Hbond substituents is 1. The molecule has 0 aliphatic heterocycles. The molecule has 6 nitrogen and oxygen atoms in total. The van der Waals surface area contributed by atoms with E-state index in [0.717, 1.165) is 72.7 Å². The lowest BCUT2D eigenvalue weighted by atomic mass is 9.89. The van der Waals surface area contributed by atoms with E-state index in [1.165, 1.54) is 6.07 Å². The number of ether oxygens (including phenoxy) is 3. The van der Waals surface area contributed by atoms with E-state index >= 15 is 0 Å². The Morgan fingerprint density at radius 1 is 0.829 bits per heavy atom. The monoisotopic (exact) mass is 480 g/mol. The molecule has 0 spiro atoms. The highest BCUT2D eigenvalue weighted by Gasteiger charge is 2.33. The van der Waals surface area contributed by atoms with Crippen LogP contribution in [0.5, 0.6) is 23.0 Å². The maximum atomic E-state index is 12.1. The fraction of sp³-hybridized carbons (Fsp3) is 0.517. The van der Waals surface area contributed by atoms with E-state index in [0.29, 0.717) is 52.9 Å². The van der Waals surface area contributed by atoms with Crippen LogP contribution in [-0.2, 0) is 25.7 Å². The lowest BCUT2D eigenvalue weighted by molar-refractivity contribution is 0.111. The lowest BCUT2D eigenvalue weighted by Gasteiger charge is -2.20. The standard InChI is InChI=1S/C29H36O6/c1-16(2)18-8-21-22(9-18)28(34-5)13-29(25(21)15-31)35-7-6-17(3)19-10-20-23(11-19)27(33-4)12-26(32)24(20)14-30/h12-19,32H,6-11H2,1-5H3. The molecule has 188 valence electrons. The van der Waals surface area contributed by atoms with Gasteiger partial charge >= 0.3 is 0 Å².